The van der Waals surface area contributed by atoms with E-state index in [9.17, 15) is 29.4 Å². The van der Waals surface area contributed by atoms with E-state index in [1.165, 1.54) is 33.6 Å². The monoisotopic (exact) mass is 717 g/mol. The van der Waals surface area contributed by atoms with Gasteiger partial charge in [0.1, 0.15) is 22.8 Å². The predicted molar refractivity (Wildman–Crippen MR) is 194 cm³/mol. The number of aromatic nitrogens is 1. The normalized spacial score (nSPS) is 16.3. The lowest BCUT2D eigenvalue weighted by molar-refractivity contribution is -0.122. The molecular formula is C39H47N3O10. The number of ketones is 1. The zero-order valence-electron chi connectivity index (χ0n) is 30.0. The number of hydrogen-bond donors (Lipinski definition) is 4. The number of methoxy groups -OCH3 is 3. The number of Topliss-reactive ketones (excluding diaryl/α,β-unsaturated/α-hetero) is 1. The number of fused-ring (bicyclic) bond motifs is 1. The molecule has 278 valence electrons. The SMILES string of the molecule is COc1cc(C(CC(=O)NCCCC(=O)Nc2cccnc2)c2c(O)cc3c(c2O)C(=O)O[C@@H](C)CCCC(=O)CCC/C=C/3)cc(OC)c1OC. The van der Waals surface area contributed by atoms with Crippen molar-refractivity contribution in [3.63, 3.8) is 0 Å². The summed E-state index contributed by atoms with van der Waals surface area (Å²) >= 11 is 0. The smallest absolute Gasteiger partial charge is 0.342 e. The predicted octanol–water partition coefficient (Wildman–Crippen LogP) is 6.06. The van der Waals surface area contributed by atoms with Crippen LogP contribution >= 0.6 is 0 Å². The highest BCUT2D eigenvalue weighted by molar-refractivity contribution is 5.98. The first kappa shape index (κ1) is 39.2. The molecule has 0 aliphatic carbocycles. The van der Waals surface area contributed by atoms with E-state index in [4.69, 9.17) is 18.9 Å². The molecule has 4 rings (SSSR count). The highest BCUT2D eigenvalue weighted by Gasteiger charge is 2.32. The Labute approximate surface area is 303 Å². The van der Waals surface area contributed by atoms with Crippen LogP contribution in [0.2, 0.25) is 0 Å². The first-order valence-electron chi connectivity index (χ1n) is 17.3. The summed E-state index contributed by atoms with van der Waals surface area (Å²) in [6, 6.07) is 7.99. The molecule has 1 aliphatic rings. The van der Waals surface area contributed by atoms with E-state index < -0.39 is 29.6 Å². The molecule has 0 saturated carbocycles. The van der Waals surface area contributed by atoms with E-state index in [2.05, 4.69) is 15.6 Å². The highest BCUT2D eigenvalue weighted by Crippen LogP contribution is 2.47. The molecule has 0 spiro atoms. The van der Waals surface area contributed by atoms with E-state index in [0.717, 1.165) is 0 Å². The number of amides is 2. The molecule has 1 aliphatic heterocycles. The zero-order valence-corrected chi connectivity index (χ0v) is 30.0. The Morgan fingerprint density at radius 3 is 2.42 bits per heavy atom. The first-order valence-corrected chi connectivity index (χ1v) is 17.3. The van der Waals surface area contributed by atoms with Gasteiger partial charge in [0.05, 0.1) is 39.3 Å². The fourth-order valence-corrected chi connectivity index (χ4v) is 6.10. The van der Waals surface area contributed by atoms with Gasteiger partial charge >= 0.3 is 5.97 Å². The molecule has 0 fully saturated rings. The number of ether oxygens (including phenoxy) is 4. The molecule has 13 heteroatoms. The average Bonchev–Trinajstić information content (AvgIpc) is 3.12. The number of carbonyl (C=O) groups excluding carboxylic acids is 4. The minimum Gasteiger partial charge on any atom is -0.507 e. The zero-order chi connectivity index (χ0) is 37.6. The Kier molecular flexibility index (Phi) is 14.4. The number of cyclic esters (lactones) is 1. The molecule has 1 aromatic heterocycles. The van der Waals surface area contributed by atoms with Crippen LogP contribution in [0.5, 0.6) is 28.7 Å². The van der Waals surface area contributed by atoms with Gasteiger partial charge in [-0.05, 0) is 80.5 Å². The molecule has 3 aromatic rings. The number of carbonyl (C=O) groups is 4. The van der Waals surface area contributed by atoms with E-state index in [0.29, 0.717) is 61.9 Å². The summed E-state index contributed by atoms with van der Waals surface area (Å²) in [4.78, 5) is 55.8. The third-order valence-electron chi connectivity index (χ3n) is 8.73. The quantitative estimate of drug-likeness (QED) is 0.126. The Morgan fingerprint density at radius 1 is 1.02 bits per heavy atom. The molecule has 13 nitrogen and oxygen atoms in total. The lowest BCUT2D eigenvalue weighted by Gasteiger charge is -2.24. The lowest BCUT2D eigenvalue weighted by Crippen LogP contribution is -2.27. The number of benzene rings is 2. The van der Waals surface area contributed by atoms with Gasteiger partial charge in [-0.25, -0.2) is 4.79 Å². The summed E-state index contributed by atoms with van der Waals surface area (Å²) in [7, 11) is 4.33. The number of phenolic OH excluding ortho intramolecular Hbond substituents is 2. The van der Waals surface area contributed by atoms with Crippen LogP contribution in [0, 0.1) is 0 Å². The fraction of sp³-hybridized carbons (Fsp3) is 0.410. The van der Waals surface area contributed by atoms with Gasteiger partial charge in [0, 0.05) is 49.9 Å². The van der Waals surface area contributed by atoms with Crippen molar-refractivity contribution in [2.24, 2.45) is 0 Å². The molecule has 2 aromatic carbocycles. The fourth-order valence-electron chi connectivity index (χ4n) is 6.10. The third kappa shape index (κ3) is 10.5. The second kappa shape index (κ2) is 19.1. The van der Waals surface area contributed by atoms with Crippen molar-refractivity contribution in [3.8, 4) is 28.7 Å². The van der Waals surface area contributed by atoms with Gasteiger partial charge in [0.25, 0.3) is 0 Å². The van der Waals surface area contributed by atoms with Crippen LogP contribution in [-0.2, 0) is 19.1 Å². The van der Waals surface area contributed by atoms with Crippen molar-refractivity contribution in [1.82, 2.24) is 10.3 Å². The maximum absolute atomic E-state index is 13.7. The number of nitrogens with zero attached hydrogens (tertiary/aromatic N) is 1. The van der Waals surface area contributed by atoms with Gasteiger partial charge < -0.3 is 39.8 Å². The van der Waals surface area contributed by atoms with Crippen molar-refractivity contribution >= 4 is 35.3 Å². The second-order valence-corrected chi connectivity index (χ2v) is 12.5. The molecular weight excluding hydrogens is 670 g/mol. The number of nitrogens with one attached hydrogen (secondary N) is 2. The number of pyridine rings is 1. The minimum absolute atomic E-state index is 0.0799. The van der Waals surface area contributed by atoms with Gasteiger partial charge in [-0.3, -0.25) is 19.4 Å². The number of rotatable bonds is 12. The molecule has 1 unspecified atom stereocenters. The molecule has 0 radical (unpaired) electrons. The molecule has 0 saturated heterocycles. The summed E-state index contributed by atoms with van der Waals surface area (Å²) < 4.78 is 22.3. The van der Waals surface area contributed by atoms with E-state index in [-0.39, 0.29) is 65.0 Å². The number of phenols is 2. The van der Waals surface area contributed by atoms with E-state index in [1.807, 2.05) is 0 Å². The van der Waals surface area contributed by atoms with Crippen LogP contribution in [0.1, 0.15) is 97.7 Å². The Bertz CT molecular complexity index is 1730. The molecule has 2 atom stereocenters. The Morgan fingerprint density at radius 2 is 1.75 bits per heavy atom. The maximum atomic E-state index is 13.7. The summed E-state index contributed by atoms with van der Waals surface area (Å²) in [6.07, 6.45) is 9.14. The highest BCUT2D eigenvalue weighted by atomic mass is 16.5. The van der Waals surface area contributed by atoms with Crippen LogP contribution in [0.25, 0.3) is 6.08 Å². The third-order valence-corrected chi connectivity index (χ3v) is 8.73. The number of hydrogen-bond acceptors (Lipinski definition) is 11. The van der Waals surface area contributed by atoms with Crippen LogP contribution in [-0.4, -0.2) is 72.7 Å². The van der Waals surface area contributed by atoms with Gasteiger partial charge in [0.2, 0.25) is 17.6 Å². The molecule has 2 heterocycles. The molecule has 52 heavy (non-hydrogen) atoms. The second-order valence-electron chi connectivity index (χ2n) is 12.5. The van der Waals surface area contributed by atoms with Crippen LogP contribution in [0.15, 0.2) is 48.8 Å². The largest absolute Gasteiger partial charge is 0.507 e. The standard InChI is InChI=1S/C39H47N3O10/c1-24-11-8-15-28(43)14-7-5-6-12-25-19-30(44)36(37(47)35(25)39(48)52-24)29(26-20-31(49-2)38(51-4)32(21-26)50-3)22-34(46)41-18-10-16-33(45)42-27-13-9-17-40-23-27/h6,9,12-13,17,19-21,23-24,29,44,47H,5,7-8,10-11,14-16,18,22H2,1-4H3,(H,41,46)(H,42,45)/b12-6+/t24-,29?/m0/s1. The van der Waals surface area contributed by atoms with Gasteiger partial charge in [-0.15, -0.1) is 0 Å². The first-order chi connectivity index (χ1) is 25.1. The molecule has 2 amide bonds. The Balaban J connectivity index is 1.70. The number of esters is 1. The van der Waals surface area contributed by atoms with Gasteiger partial charge in [-0.2, -0.15) is 0 Å². The van der Waals surface area contributed by atoms with Gasteiger partial charge in [0.15, 0.2) is 11.5 Å². The van der Waals surface area contributed by atoms with Crippen molar-refractivity contribution < 1.29 is 48.3 Å². The number of anilines is 1. The van der Waals surface area contributed by atoms with Crippen molar-refractivity contribution in [2.45, 2.75) is 76.7 Å². The van der Waals surface area contributed by atoms with Crippen molar-refractivity contribution in [1.29, 1.82) is 0 Å². The van der Waals surface area contributed by atoms with Crippen molar-refractivity contribution in [2.75, 3.05) is 33.2 Å². The van der Waals surface area contributed by atoms with Crippen LogP contribution < -0.4 is 24.8 Å². The summed E-state index contributed by atoms with van der Waals surface area (Å²) in [5.74, 6) is -2.44. The average molecular weight is 718 g/mol. The lowest BCUT2D eigenvalue weighted by atomic mass is 9.84. The summed E-state index contributed by atoms with van der Waals surface area (Å²) in [5.41, 5.74) is 0.949. The van der Waals surface area contributed by atoms with Crippen molar-refractivity contribution in [3.05, 3.63) is 71.1 Å². The summed E-state index contributed by atoms with van der Waals surface area (Å²) in [6.45, 7) is 1.89. The molecule has 4 N–H and O–H groups in total. The summed E-state index contributed by atoms with van der Waals surface area (Å²) in [5, 5.41) is 29.0. The van der Waals surface area contributed by atoms with Crippen LogP contribution in [0.4, 0.5) is 5.69 Å². The van der Waals surface area contributed by atoms with E-state index >= 15 is 0 Å². The van der Waals surface area contributed by atoms with E-state index in [1.54, 1.807) is 49.5 Å². The Hall–Kier alpha value is -5.59. The van der Waals surface area contributed by atoms with Crippen LogP contribution in [0.3, 0.4) is 0 Å². The molecule has 0 bridgehead atoms. The van der Waals surface area contributed by atoms with Gasteiger partial charge in [-0.1, -0.05) is 12.2 Å². The topological polar surface area (TPSA) is 183 Å². The maximum Gasteiger partial charge on any atom is 0.342 e. The number of allylic oxidation sites excluding steroid dienone is 1. The minimum atomic E-state index is -1.03. The number of aromatic hydroxyl groups is 2.